The van der Waals surface area contributed by atoms with Crippen LogP contribution in [0.1, 0.15) is 16.8 Å². The molecule has 0 atom stereocenters. The van der Waals surface area contributed by atoms with Crippen LogP contribution in [-0.2, 0) is 22.3 Å². The van der Waals surface area contributed by atoms with Gasteiger partial charge in [0, 0.05) is 23.7 Å². The highest BCUT2D eigenvalue weighted by Crippen LogP contribution is 2.29. The average Bonchev–Trinajstić information content (AvgIpc) is 3.07. The van der Waals surface area contributed by atoms with Crippen molar-refractivity contribution in [3.63, 3.8) is 0 Å². The van der Waals surface area contributed by atoms with Crippen molar-refractivity contribution in [3.8, 4) is 0 Å². The van der Waals surface area contributed by atoms with Gasteiger partial charge in [-0.05, 0) is 23.8 Å². The van der Waals surface area contributed by atoms with Gasteiger partial charge in [0.15, 0.2) is 4.96 Å². The maximum absolute atomic E-state index is 12.6. The second kappa shape index (κ2) is 7.12. The topological polar surface area (TPSA) is 60.7 Å². The quantitative estimate of drug-likeness (QED) is 0.513. The SMILES string of the molecule is O=C(/C=C/c1cccc(C(F)(F)F)c1)OCc1cc(=O)n2ccsc2n1. The van der Waals surface area contributed by atoms with E-state index in [9.17, 15) is 22.8 Å². The molecule has 3 rings (SSSR count). The Kier molecular flexibility index (Phi) is 4.90. The van der Waals surface area contributed by atoms with E-state index in [-0.39, 0.29) is 17.7 Å². The summed E-state index contributed by atoms with van der Waals surface area (Å²) < 4.78 is 44.3. The van der Waals surface area contributed by atoms with E-state index in [1.54, 1.807) is 11.6 Å². The van der Waals surface area contributed by atoms with Gasteiger partial charge in [0.05, 0.1) is 11.3 Å². The van der Waals surface area contributed by atoms with E-state index in [4.69, 9.17) is 4.74 Å². The molecule has 0 spiro atoms. The molecule has 134 valence electrons. The van der Waals surface area contributed by atoms with Crippen molar-refractivity contribution in [1.82, 2.24) is 9.38 Å². The summed E-state index contributed by atoms with van der Waals surface area (Å²) in [6, 6.07) is 5.81. The van der Waals surface area contributed by atoms with Crippen LogP contribution in [0.25, 0.3) is 11.0 Å². The number of carbonyl (C=O) groups excluding carboxylic acids is 1. The molecule has 2 heterocycles. The van der Waals surface area contributed by atoms with Crippen LogP contribution >= 0.6 is 11.3 Å². The predicted octanol–water partition coefficient (Wildman–Crippen LogP) is 3.53. The molecule has 0 aliphatic carbocycles. The van der Waals surface area contributed by atoms with Crippen LogP contribution < -0.4 is 5.56 Å². The zero-order chi connectivity index (χ0) is 18.7. The van der Waals surface area contributed by atoms with Crippen molar-refractivity contribution in [2.45, 2.75) is 12.8 Å². The second-order valence-corrected chi connectivity index (χ2v) is 6.08. The smallest absolute Gasteiger partial charge is 0.416 e. The van der Waals surface area contributed by atoms with Gasteiger partial charge in [0.2, 0.25) is 0 Å². The molecule has 0 saturated carbocycles. The van der Waals surface area contributed by atoms with E-state index in [2.05, 4.69) is 4.98 Å². The predicted molar refractivity (Wildman–Crippen MR) is 89.6 cm³/mol. The number of rotatable bonds is 4. The lowest BCUT2D eigenvalue weighted by molar-refractivity contribution is -0.139. The first-order valence-electron chi connectivity index (χ1n) is 7.31. The minimum atomic E-state index is -4.45. The number of alkyl halides is 3. The Balaban J connectivity index is 1.65. The Hall–Kier alpha value is -2.94. The van der Waals surface area contributed by atoms with Gasteiger partial charge in [-0.2, -0.15) is 13.2 Å². The van der Waals surface area contributed by atoms with Gasteiger partial charge in [0.1, 0.15) is 6.61 Å². The summed E-state index contributed by atoms with van der Waals surface area (Å²) in [4.78, 5) is 28.2. The fourth-order valence-corrected chi connectivity index (χ4v) is 2.88. The minimum absolute atomic E-state index is 0.213. The van der Waals surface area contributed by atoms with Gasteiger partial charge in [-0.25, -0.2) is 9.78 Å². The molecule has 0 unspecified atom stereocenters. The van der Waals surface area contributed by atoms with Crippen LogP contribution in [0.4, 0.5) is 13.2 Å². The molecule has 0 aliphatic heterocycles. The third kappa shape index (κ3) is 4.17. The van der Waals surface area contributed by atoms with Gasteiger partial charge >= 0.3 is 12.1 Å². The molecule has 0 fully saturated rings. The number of ether oxygens (including phenoxy) is 1. The lowest BCUT2D eigenvalue weighted by Crippen LogP contribution is -2.14. The second-order valence-electron chi connectivity index (χ2n) is 5.21. The minimum Gasteiger partial charge on any atom is -0.456 e. The summed E-state index contributed by atoms with van der Waals surface area (Å²) in [6.45, 7) is -0.213. The van der Waals surface area contributed by atoms with Crippen LogP contribution in [0.2, 0.25) is 0 Å². The number of nitrogens with zero attached hydrogens (tertiary/aromatic N) is 2. The van der Waals surface area contributed by atoms with E-state index in [1.165, 1.54) is 40.0 Å². The summed E-state index contributed by atoms with van der Waals surface area (Å²) in [5.41, 5.74) is -0.588. The number of carbonyl (C=O) groups is 1. The number of esters is 1. The van der Waals surface area contributed by atoms with E-state index < -0.39 is 17.7 Å². The van der Waals surface area contributed by atoms with Gasteiger partial charge in [0.25, 0.3) is 5.56 Å². The Labute approximate surface area is 149 Å². The largest absolute Gasteiger partial charge is 0.456 e. The van der Waals surface area contributed by atoms with Crippen LogP contribution in [0.15, 0.2) is 52.8 Å². The Morgan fingerprint density at radius 3 is 2.88 bits per heavy atom. The van der Waals surface area contributed by atoms with Crippen molar-refractivity contribution in [3.05, 3.63) is 75.2 Å². The highest BCUT2D eigenvalue weighted by molar-refractivity contribution is 7.15. The molecule has 0 bridgehead atoms. The summed E-state index contributed by atoms with van der Waals surface area (Å²) in [5, 5.41) is 1.71. The molecule has 0 radical (unpaired) electrons. The number of aromatic nitrogens is 2. The van der Waals surface area contributed by atoms with Gasteiger partial charge in [-0.15, -0.1) is 11.3 Å². The summed E-state index contributed by atoms with van der Waals surface area (Å²) in [7, 11) is 0. The fraction of sp³-hybridized carbons (Fsp3) is 0.118. The van der Waals surface area contributed by atoms with E-state index >= 15 is 0 Å². The van der Waals surface area contributed by atoms with Crippen molar-refractivity contribution in [1.29, 1.82) is 0 Å². The average molecular weight is 380 g/mol. The van der Waals surface area contributed by atoms with Gasteiger partial charge < -0.3 is 4.74 Å². The maximum Gasteiger partial charge on any atom is 0.416 e. The molecule has 9 heteroatoms. The molecule has 5 nitrogen and oxygen atoms in total. The number of thiazole rings is 1. The molecule has 3 aromatic rings. The first-order chi connectivity index (χ1) is 12.3. The van der Waals surface area contributed by atoms with Crippen molar-refractivity contribution >= 4 is 28.3 Å². The molecule has 0 amide bonds. The Morgan fingerprint density at radius 2 is 2.12 bits per heavy atom. The normalized spacial score (nSPS) is 12.0. The van der Waals surface area contributed by atoms with Crippen molar-refractivity contribution < 1.29 is 22.7 Å². The Bertz CT molecular complexity index is 1040. The Morgan fingerprint density at radius 1 is 1.31 bits per heavy atom. The standard InChI is InChI=1S/C17H11F3N2O3S/c18-17(19,20)12-3-1-2-11(8-12)4-5-15(24)25-10-13-9-14(23)22-6-7-26-16(22)21-13/h1-9H,10H2/b5-4+. The van der Waals surface area contributed by atoms with E-state index in [0.29, 0.717) is 10.7 Å². The van der Waals surface area contributed by atoms with Crippen LogP contribution in [-0.4, -0.2) is 15.4 Å². The first-order valence-corrected chi connectivity index (χ1v) is 8.19. The summed E-state index contributed by atoms with van der Waals surface area (Å²) in [5.74, 6) is -0.754. The van der Waals surface area contributed by atoms with Crippen molar-refractivity contribution in [2.24, 2.45) is 0 Å². The highest BCUT2D eigenvalue weighted by Gasteiger charge is 2.30. The number of hydrogen-bond acceptors (Lipinski definition) is 5. The first kappa shape index (κ1) is 17.9. The molecule has 2 aromatic heterocycles. The van der Waals surface area contributed by atoms with Gasteiger partial charge in [-0.1, -0.05) is 12.1 Å². The molecule has 0 N–H and O–H groups in total. The number of benzene rings is 1. The fourth-order valence-electron chi connectivity index (χ4n) is 2.14. The number of fused-ring (bicyclic) bond motifs is 1. The highest BCUT2D eigenvalue weighted by atomic mass is 32.1. The summed E-state index contributed by atoms with van der Waals surface area (Å²) >= 11 is 1.27. The molecular weight excluding hydrogens is 369 g/mol. The monoisotopic (exact) mass is 380 g/mol. The van der Waals surface area contributed by atoms with E-state index in [0.717, 1.165) is 18.2 Å². The van der Waals surface area contributed by atoms with E-state index in [1.807, 2.05) is 0 Å². The third-order valence-electron chi connectivity index (χ3n) is 3.34. The molecule has 0 aliphatic rings. The van der Waals surface area contributed by atoms with Crippen LogP contribution in [0.3, 0.4) is 0 Å². The zero-order valence-corrected chi connectivity index (χ0v) is 13.9. The van der Waals surface area contributed by atoms with Gasteiger partial charge in [-0.3, -0.25) is 9.20 Å². The maximum atomic E-state index is 12.6. The molecule has 26 heavy (non-hydrogen) atoms. The molecule has 0 saturated heterocycles. The number of hydrogen-bond donors (Lipinski definition) is 0. The zero-order valence-electron chi connectivity index (χ0n) is 13.1. The van der Waals surface area contributed by atoms with Crippen LogP contribution in [0.5, 0.6) is 0 Å². The molecular formula is C17H11F3N2O3S. The van der Waals surface area contributed by atoms with Crippen LogP contribution in [0, 0.1) is 0 Å². The lowest BCUT2D eigenvalue weighted by Gasteiger charge is -2.06. The summed E-state index contributed by atoms with van der Waals surface area (Å²) in [6.07, 6.45) is -0.623. The number of halogens is 3. The third-order valence-corrected chi connectivity index (χ3v) is 4.10. The lowest BCUT2D eigenvalue weighted by atomic mass is 10.1. The van der Waals surface area contributed by atoms with Crippen molar-refractivity contribution in [2.75, 3.05) is 0 Å². The molecule has 1 aromatic carbocycles.